The summed E-state index contributed by atoms with van der Waals surface area (Å²) in [7, 11) is 0. The predicted octanol–water partition coefficient (Wildman–Crippen LogP) is 1.94. The van der Waals surface area contributed by atoms with Gasteiger partial charge in [-0.1, -0.05) is 18.5 Å². The van der Waals surface area contributed by atoms with Gasteiger partial charge in [0.05, 0.1) is 24.4 Å². The molecule has 0 bridgehead atoms. The van der Waals surface area contributed by atoms with E-state index in [1.807, 2.05) is 6.92 Å². The number of aryl methyl sites for hydroxylation is 1. The first kappa shape index (κ1) is 15.5. The average molecular weight is 308 g/mol. The lowest BCUT2D eigenvalue weighted by molar-refractivity contribution is -0.0698. The molecular formula is C16H24N2O4. The van der Waals surface area contributed by atoms with Gasteiger partial charge in [-0.3, -0.25) is 4.79 Å². The molecule has 22 heavy (non-hydrogen) atoms. The SMILES string of the molecule is CCc1cc(C(=O)N[C@@H]2COCC[C@@H]2OCC2CCC2)on1. The van der Waals surface area contributed by atoms with Crippen LogP contribution in [0.25, 0.3) is 0 Å². The molecule has 6 heteroatoms. The number of nitrogens with zero attached hydrogens (tertiary/aromatic N) is 1. The molecule has 1 aliphatic heterocycles. The predicted molar refractivity (Wildman–Crippen MR) is 79.7 cm³/mol. The zero-order valence-electron chi connectivity index (χ0n) is 13.0. The van der Waals surface area contributed by atoms with E-state index in [2.05, 4.69) is 10.5 Å². The largest absolute Gasteiger partial charge is 0.379 e. The first-order valence-electron chi connectivity index (χ1n) is 8.22. The van der Waals surface area contributed by atoms with E-state index < -0.39 is 0 Å². The van der Waals surface area contributed by atoms with Gasteiger partial charge in [-0.15, -0.1) is 0 Å². The number of rotatable bonds is 6. The zero-order chi connectivity index (χ0) is 15.4. The second-order valence-electron chi connectivity index (χ2n) is 6.15. The minimum Gasteiger partial charge on any atom is -0.379 e. The van der Waals surface area contributed by atoms with Crippen LogP contribution in [0.15, 0.2) is 10.6 Å². The van der Waals surface area contributed by atoms with Crippen LogP contribution < -0.4 is 5.32 Å². The van der Waals surface area contributed by atoms with Crippen LogP contribution in [0.3, 0.4) is 0 Å². The van der Waals surface area contributed by atoms with E-state index in [9.17, 15) is 4.79 Å². The van der Waals surface area contributed by atoms with E-state index in [0.29, 0.717) is 19.1 Å². The average Bonchev–Trinajstić information content (AvgIpc) is 2.96. The molecule has 2 atom stereocenters. The Morgan fingerprint density at radius 3 is 3.00 bits per heavy atom. The van der Waals surface area contributed by atoms with Crippen molar-refractivity contribution < 1.29 is 18.8 Å². The number of carbonyl (C=O) groups is 1. The van der Waals surface area contributed by atoms with Crippen LogP contribution in [0.1, 0.15) is 48.9 Å². The summed E-state index contributed by atoms with van der Waals surface area (Å²) in [5, 5.41) is 6.81. The summed E-state index contributed by atoms with van der Waals surface area (Å²) in [6, 6.07) is 1.56. The molecule has 2 heterocycles. The summed E-state index contributed by atoms with van der Waals surface area (Å²) in [6.07, 6.45) is 5.42. The van der Waals surface area contributed by atoms with Gasteiger partial charge in [-0.25, -0.2) is 0 Å². The van der Waals surface area contributed by atoms with Gasteiger partial charge in [0, 0.05) is 19.3 Å². The van der Waals surface area contributed by atoms with Crippen molar-refractivity contribution in [2.75, 3.05) is 19.8 Å². The molecule has 122 valence electrons. The minimum atomic E-state index is -0.250. The van der Waals surface area contributed by atoms with E-state index in [0.717, 1.165) is 25.1 Å². The summed E-state index contributed by atoms with van der Waals surface area (Å²) >= 11 is 0. The lowest BCUT2D eigenvalue weighted by Crippen LogP contribution is -2.51. The third-order valence-corrected chi connectivity index (χ3v) is 4.53. The van der Waals surface area contributed by atoms with Crippen molar-refractivity contribution in [2.24, 2.45) is 5.92 Å². The third-order valence-electron chi connectivity index (χ3n) is 4.53. The minimum absolute atomic E-state index is 0.0202. The molecule has 0 aromatic carbocycles. The Bertz CT molecular complexity index is 498. The van der Waals surface area contributed by atoms with E-state index in [1.165, 1.54) is 19.3 Å². The molecule has 1 saturated heterocycles. The van der Waals surface area contributed by atoms with Crippen molar-refractivity contribution in [2.45, 2.75) is 51.2 Å². The summed E-state index contributed by atoms with van der Waals surface area (Å²) in [4.78, 5) is 12.2. The maximum atomic E-state index is 12.2. The van der Waals surface area contributed by atoms with Gasteiger partial charge in [-0.2, -0.15) is 0 Å². The molecule has 2 fully saturated rings. The fourth-order valence-corrected chi connectivity index (χ4v) is 2.80. The molecule has 6 nitrogen and oxygen atoms in total. The molecule has 1 aliphatic carbocycles. The smallest absolute Gasteiger partial charge is 0.290 e. The van der Waals surface area contributed by atoms with E-state index in [-0.39, 0.29) is 23.8 Å². The maximum absolute atomic E-state index is 12.2. The van der Waals surface area contributed by atoms with Crippen LogP contribution >= 0.6 is 0 Å². The summed E-state index contributed by atoms with van der Waals surface area (Å²) < 4.78 is 16.6. The number of carbonyl (C=O) groups excluding carboxylic acids is 1. The van der Waals surface area contributed by atoms with Crippen LogP contribution in [0, 0.1) is 5.92 Å². The highest BCUT2D eigenvalue weighted by Gasteiger charge is 2.30. The highest BCUT2D eigenvalue weighted by atomic mass is 16.5. The highest BCUT2D eigenvalue weighted by Crippen LogP contribution is 2.27. The molecular weight excluding hydrogens is 284 g/mol. The van der Waals surface area contributed by atoms with E-state index >= 15 is 0 Å². The van der Waals surface area contributed by atoms with Crippen molar-refractivity contribution in [3.8, 4) is 0 Å². The van der Waals surface area contributed by atoms with Gasteiger partial charge in [-0.05, 0) is 31.6 Å². The maximum Gasteiger partial charge on any atom is 0.290 e. The molecule has 1 amide bonds. The summed E-state index contributed by atoms with van der Waals surface area (Å²) in [6.45, 7) is 3.93. The standard InChI is InChI=1S/C16H24N2O4/c1-2-12-8-15(22-18-12)16(19)17-13-10-20-7-6-14(13)21-9-11-4-3-5-11/h8,11,13-14H,2-7,9-10H2,1H3,(H,17,19)/t13-,14+/m1/s1. The quantitative estimate of drug-likeness (QED) is 0.869. The monoisotopic (exact) mass is 308 g/mol. The highest BCUT2D eigenvalue weighted by molar-refractivity contribution is 5.91. The zero-order valence-corrected chi connectivity index (χ0v) is 13.0. The fourth-order valence-electron chi connectivity index (χ4n) is 2.80. The molecule has 0 radical (unpaired) electrons. The third kappa shape index (κ3) is 3.67. The molecule has 1 N–H and O–H groups in total. The van der Waals surface area contributed by atoms with Crippen molar-refractivity contribution in [1.82, 2.24) is 10.5 Å². The molecule has 0 unspecified atom stereocenters. The summed E-state index contributed by atoms with van der Waals surface area (Å²) in [5.74, 6) is 0.695. The van der Waals surface area contributed by atoms with E-state index in [1.54, 1.807) is 6.07 Å². The fraction of sp³-hybridized carbons (Fsp3) is 0.750. The topological polar surface area (TPSA) is 73.6 Å². The molecule has 1 saturated carbocycles. The number of nitrogens with one attached hydrogen (secondary N) is 1. The molecule has 1 aromatic rings. The number of hydrogen-bond acceptors (Lipinski definition) is 5. The Morgan fingerprint density at radius 1 is 1.45 bits per heavy atom. The number of ether oxygens (including phenoxy) is 2. The van der Waals surface area contributed by atoms with Gasteiger partial charge in [0.2, 0.25) is 5.76 Å². The van der Waals surface area contributed by atoms with Gasteiger partial charge in [0.1, 0.15) is 0 Å². The Hall–Kier alpha value is -1.40. The number of amides is 1. The number of hydrogen-bond donors (Lipinski definition) is 1. The number of aromatic nitrogens is 1. The lowest BCUT2D eigenvalue weighted by Gasteiger charge is -2.34. The Labute approximate surface area is 130 Å². The molecule has 1 aromatic heterocycles. The normalized spacial score (nSPS) is 25.7. The van der Waals surface area contributed by atoms with Crippen LogP contribution in [-0.4, -0.2) is 43.0 Å². The van der Waals surface area contributed by atoms with Gasteiger partial charge >= 0.3 is 0 Å². The first-order valence-corrected chi connectivity index (χ1v) is 8.22. The Morgan fingerprint density at radius 2 is 2.32 bits per heavy atom. The second kappa shape index (κ2) is 7.24. The molecule has 2 aliphatic rings. The Balaban J connectivity index is 1.54. The lowest BCUT2D eigenvalue weighted by atomic mass is 9.86. The first-order chi connectivity index (χ1) is 10.8. The Kier molecular flexibility index (Phi) is 5.10. The summed E-state index contributed by atoms with van der Waals surface area (Å²) in [5.41, 5.74) is 0.780. The van der Waals surface area contributed by atoms with Gasteiger partial charge in [0.15, 0.2) is 0 Å². The van der Waals surface area contributed by atoms with Crippen molar-refractivity contribution in [1.29, 1.82) is 0 Å². The van der Waals surface area contributed by atoms with Crippen molar-refractivity contribution in [3.63, 3.8) is 0 Å². The van der Waals surface area contributed by atoms with Crippen LogP contribution in [0.4, 0.5) is 0 Å². The molecule has 3 rings (SSSR count). The van der Waals surface area contributed by atoms with Crippen LogP contribution in [0.2, 0.25) is 0 Å². The van der Waals surface area contributed by atoms with Gasteiger partial charge < -0.3 is 19.3 Å². The van der Waals surface area contributed by atoms with Crippen molar-refractivity contribution in [3.05, 3.63) is 17.5 Å². The molecule has 0 spiro atoms. The van der Waals surface area contributed by atoms with E-state index in [4.69, 9.17) is 14.0 Å². The van der Waals surface area contributed by atoms with Crippen LogP contribution in [0.5, 0.6) is 0 Å². The van der Waals surface area contributed by atoms with Crippen LogP contribution in [-0.2, 0) is 15.9 Å². The van der Waals surface area contributed by atoms with Gasteiger partial charge in [0.25, 0.3) is 5.91 Å². The van der Waals surface area contributed by atoms with Crippen molar-refractivity contribution >= 4 is 5.91 Å². The second-order valence-corrected chi connectivity index (χ2v) is 6.15.